The number of hydrogen-bond acceptors (Lipinski definition) is 1. The van der Waals surface area contributed by atoms with Gasteiger partial charge in [0.25, 0.3) is 0 Å². The summed E-state index contributed by atoms with van der Waals surface area (Å²) in [7, 11) is 0. The lowest BCUT2D eigenvalue weighted by Crippen LogP contribution is -1.90. The van der Waals surface area contributed by atoms with E-state index < -0.39 is 0 Å². The maximum absolute atomic E-state index is 5.60. The van der Waals surface area contributed by atoms with Crippen LogP contribution in [-0.4, -0.2) is 6.54 Å². The van der Waals surface area contributed by atoms with Crippen molar-refractivity contribution in [3.63, 3.8) is 0 Å². The molecule has 0 spiro atoms. The third kappa shape index (κ3) is 1.57. The van der Waals surface area contributed by atoms with Crippen molar-refractivity contribution in [1.82, 2.24) is 0 Å². The van der Waals surface area contributed by atoms with E-state index in [-0.39, 0.29) is 0 Å². The third-order valence-corrected chi connectivity index (χ3v) is 3.32. The molecule has 80 valence electrons. The van der Waals surface area contributed by atoms with Gasteiger partial charge in [-0.2, -0.15) is 0 Å². The summed E-state index contributed by atoms with van der Waals surface area (Å²) in [6.07, 6.45) is 1.19. The highest BCUT2D eigenvalue weighted by molar-refractivity contribution is 6.31. The molecular formula is C14H12ClN. The lowest BCUT2D eigenvalue weighted by molar-refractivity contribution is 1.11. The fraction of sp³-hybridized carbons (Fsp3) is 0.143. The van der Waals surface area contributed by atoms with Crippen LogP contribution in [0.4, 0.5) is 5.69 Å². The van der Waals surface area contributed by atoms with Crippen molar-refractivity contribution < 1.29 is 0 Å². The van der Waals surface area contributed by atoms with E-state index in [1.54, 1.807) is 0 Å². The lowest BCUT2D eigenvalue weighted by atomic mass is 10.1. The molecule has 0 unspecified atom stereocenters. The summed E-state index contributed by atoms with van der Waals surface area (Å²) in [6.45, 7) is 1.11. The second-order valence-electron chi connectivity index (χ2n) is 4.03. The molecule has 1 nitrogen and oxygen atoms in total. The molecule has 0 saturated carbocycles. The van der Waals surface area contributed by atoms with Crippen LogP contribution < -0.4 is 5.32 Å². The minimum Gasteiger partial charge on any atom is -0.384 e. The van der Waals surface area contributed by atoms with Gasteiger partial charge < -0.3 is 5.32 Å². The van der Waals surface area contributed by atoms with Crippen molar-refractivity contribution in [3.05, 3.63) is 63.5 Å². The van der Waals surface area contributed by atoms with E-state index in [1.807, 2.05) is 12.1 Å². The molecule has 1 aromatic carbocycles. The molecule has 0 bridgehead atoms. The van der Waals surface area contributed by atoms with Crippen LogP contribution in [0, 0.1) is 10.4 Å². The molecule has 0 fully saturated rings. The van der Waals surface area contributed by atoms with E-state index in [0.29, 0.717) is 0 Å². The fourth-order valence-corrected chi connectivity index (χ4v) is 2.28. The van der Waals surface area contributed by atoms with E-state index in [0.717, 1.165) is 11.6 Å². The molecule has 16 heavy (non-hydrogen) atoms. The molecule has 2 heteroatoms. The van der Waals surface area contributed by atoms with Gasteiger partial charge in [0.05, 0.1) is 0 Å². The van der Waals surface area contributed by atoms with Crippen molar-refractivity contribution >= 4 is 17.3 Å². The van der Waals surface area contributed by atoms with Gasteiger partial charge in [0.1, 0.15) is 0 Å². The van der Waals surface area contributed by atoms with E-state index in [2.05, 4.69) is 35.6 Å². The zero-order chi connectivity index (χ0) is 11.0. The maximum atomic E-state index is 5.60. The Bertz CT molecular complexity index is 596. The van der Waals surface area contributed by atoms with Crippen LogP contribution in [0.15, 0.2) is 42.5 Å². The van der Waals surface area contributed by atoms with E-state index in [9.17, 15) is 0 Å². The Morgan fingerprint density at radius 2 is 1.94 bits per heavy atom. The van der Waals surface area contributed by atoms with E-state index in [1.165, 1.54) is 28.1 Å². The molecule has 1 N–H and O–H groups in total. The van der Waals surface area contributed by atoms with Crippen LogP contribution in [0.3, 0.4) is 0 Å². The first-order valence-electron chi connectivity index (χ1n) is 5.46. The summed E-state index contributed by atoms with van der Waals surface area (Å²) in [5.41, 5.74) is 2.77. The van der Waals surface area contributed by atoms with Crippen LogP contribution in [-0.2, 0) is 6.42 Å². The largest absolute Gasteiger partial charge is 0.384 e. The molecule has 0 radical (unpaired) electrons. The van der Waals surface area contributed by atoms with Gasteiger partial charge in [0.2, 0.25) is 0 Å². The number of halogens is 1. The predicted molar refractivity (Wildman–Crippen MR) is 67.8 cm³/mol. The molecule has 0 atom stereocenters. The zero-order valence-electron chi connectivity index (χ0n) is 8.83. The Kier molecular flexibility index (Phi) is 2.33. The highest BCUT2D eigenvalue weighted by Crippen LogP contribution is 2.20. The summed E-state index contributed by atoms with van der Waals surface area (Å²) >= 11 is 5.60. The Morgan fingerprint density at radius 1 is 1.06 bits per heavy atom. The van der Waals surface area contributed by atoms with Crippen molar-refractivity contribution in [2.24, 2.45) is 0 Å². The van der Waals surface area contributed by atoms with Gasteiger partial charge in [-0.3, -0.25) is 0 Å². The molecular weight excluding hydrogens is 218 g/mol. The molecule has 3 aliphatic rings. The standard InChI is InChI=1S/C8H9N.C6H3Cl/c1-2-4-8-7(3-1)5-6-9-8;7-6-3-4-1-2-5(4)6/h1-4,9H,5-6H2;1-3H. The fourth-order valence-electron chi connectivity index (χ4n) is 1.99. The van der Waals surface area contributed by atoms with Crippen LogP contribution in [0.1, 0.15) is 5.56 Å². The molecule has 2 aliphatic carbocycles. The minimum absolute atomic E-state index is 0.914. The second-order valence-corrected chi connectivity index (χ2v) is 4.44. The smallest absolute Gasteiger partial charge is 0.0490 e. The highest BCUT2D eigenvalue weighted by Gasteiger charge is 2.05. The molecule has 1 aromatic rings. The number of para-hydroxylation sites is 1. The summed E-state index contributed by atoms with van der Waals surface area (Å²) in [5.74, 6) is 0. The average Bonchev–Trinajstić information content (AvgIpc) is 2.74. The normalized spacial score (nSPS) is 13.3. The molecule has 0 aromatic heterocycles. The number of nitrogens with one attached hydrogen (secondary N) is 1. The van der Waals surface area contributed by atoms with Gasteiger partial charge in [-0.1, -0.05) is 41.9 Å². The van der Waals surface area contributed by atoms with Gasteiger partial charge in [-0.25, -0.2) is 0 Å². The Hall–Kier alpha value is -1.47. The van der Waals surface area contributed by atoms with Gasteiger partial charge in [-0.05, 0) is 29.3 Å². The number of fused-ring (bicyclic) bond motifs is 1. The number of hydrogen-bond donors (Lipinski definition) is 1. The monoisotopic (exact) mass is 229 g/mol. The zero-order valence-corrected chi connectivity index (χ0v) is 9.59. The lowest BCUT2D eigenvalue weighted by Gasteiger charge is -2.01. The predicted octanol–water partition coefficient (Wildman–Crippen LogP) is 3.59. The molecule has 1 aliphatic heterocycles. The Labute approximate surface area is 99.4 Å². The summed E-state index contributed by atoms with van der Waals surface area (Å²) in [5, 5.41) is 6.76. The molecule has 0 saturated heterocycles. The van der Waals surface area contributed by atoms with Crippen molar-refractivity contribution in [2.75, 3.05) is 11.9 Å². The van der Waals surface area contributed by atoms with Crippen molar-refractivity contribution in [1.29, 1.82) is 0 Å². The van der Waals surface area contributed by atoms with Crippen LogP contribution in [0.25, 0.3) is 0 Å². The summed E-state index contributed by atoms with van der Waals surface area (Å²) in [4.78, 5) is 0. The van der Waals surface area contributed by atoms with Crippen molar-refractivity contribution in [3.8, 4) is 0 Å². The molecule has 0 amide bonds. The third-order valence-electron chi connectivity index (χ3n) is 3.01. The quantitative estimate of drug-likeness (QED) is 0.621. The van der Waals surface area contributed by atoms with Gasteiger partial charge in [0.15, 0.2) is 0 Å². The van der Waals surface area contributed by atoms with E-state index in [4.69, 9.17) is 11.6 Å². The van der Waals surface area contributed by atoms with Gasteiger partial charge in [-0.15, -0.1) is 0 Å². The summed E-state index contributed by atoms with van der Waals surface area (Å²) in [6, 6.07) is 14.5. The second kappa shape index (κ2) is 3.84. The SMILES string of the molecule is Clc1cc2ccc1=2.c1ccc2c(c1)CCN2. The van der Waals surface area contributed by atoms with Crippen LogP contribution in [0.5, 0.6) is 0 Å². The highest BCUT2D eigenvalue weighted by atomic mass is 35.5. The first-order valence-corrected chi connectivity index (χ1v) is 5.84. The van der Waals surface area contributed by atoms with Crippen LogP contribution >= 0.6 is 11.6 Å². The number of rotatable bonds is 0. The maximum Gasteiger partial charge on any atom is 0.0490 e. The minimum atomic E-state index is 0.914. The molecule has 4 rings (SSSR count). The first-order chi connectivity index (χ1) is 7.84. The Morgan fingerprint density at radius 3 is 2.44 bits per heavy atom. The Balaban J connectivity index is 0.000000104. The topological polar surface area (TPSA) is 12.0 Å². The average molecular weight is 230 g/mol. The van der Waals surface area contributed by atoms with Gasteiger partial charge >= 0.3 is 0 Å². The van der Waals surface area contributed by atoms with Crippen molar-refractivity contribution in [2.45, 2.75) is 6.42 Å². The number of benzene rings is 2. The van der Waals surface area contributed by atoms with Gasteiger partial charge in [0, 0.05) is 22.5 Å². The summed E-state index contributed by atoms with van der Waals surface area (Å²) < 4.78 is 0. The number of anilines is 1. The first kappa shape index (κ1) is 9.73. The van der Waals surface area contributed by atoms with Crippen LogP contribution in [0.2, 0.25) is 5.02 Å². The van der Waals surface area contributed by atoms with E-state index >= 15 is 0 Å². The molecule has 1 heterocycles.